The molecule has 9 heteroatoms. The van der Waals surface area contributed by atoms with E-state index in [1.54, 1.807) is 60.7 Å². The Labute approximate surface area is 204 Å². The van der Waals surface area contributed by atoms with Crippen LogP contribution in [0, 0.1) is 11.3 Å². The SMILES string of the molecule is N#Cc1ccccc1COc1ccccc1/C=C(\Sc1n[nH]c(-c2ccc(Cl)cc2)n1)C(=O)O. The summed E-state index contributed by atoms with van der Waals surface area (Å²) in [6.07, 6.45) is 1.51. The number of aromatic amines is 1. The van der Waals surface area contributed by atoms with Crippen LogP contribution in [0.4, 0.5) is 0 Å². The number of H-pyrrole nitrogens is 1. The van der Waals surface area contributed by atoms with Crippen molar-refractivity contribution < 1.29 is 14.6 Å². The molecule has 0 spiro atoms. The summed E-state index contributed by atoms with van der Waals surface area (Å²) in [5.41, 5.74) is 2.63. The van der Waals surface area contributed by atoms with Gasteiger partial charge in [0, 0.05) is 21.7 Å². The lowest BCUT2D eigenvalue weighted by Gasteiger charge is -2.11. The Kier molecular flexibility index (Phi) is 7.28. The molecular weight excluding hydrogens is 472 g/mol. The van der Waals surface area contributed by atoms with Crippen LogP contribution in [-0.4, -0.2) is 26.3 Å². The lowest BCUT2D eigenvalue weighted by Crippen LogP contribution is -2.01. The van der Waals surface area contributed by atoms with E-state index >= 15 is 0 Å². The van der Waals surface area contributed by atoms with E-state index in [1.807, 2.05) is 12.1 Å². The maximum atomic E-state index is 12.0. The van der Waals surface area contributed by atoms with E-state index in [-0.39, 0.29) is 16.7 Å². The van der Waals surface area contributed by atoms with E-state index < -0.39 is 5.97 Å². The number of aliphatic carboxylic acids is 1. The average Bonchev–Trinajstić information content (AvgIpc) is 3.32. The predicted molar refractivity (Wildman–Crippen MR) is 130 cm³/mol. The summed E-state index contributed by atoms with van der Waals surface area (Å²) < 4.78 is 5.92. The van der Waals surface area contributed by atoms with Gasteiger partial charge in [-0.05, 0) is 54.2 Å². The predicted octanol–water partition coefficient (Wildman–Crippen LogP) is 5.79. The smallest absolute Gasteiger partial charge is 0.342 e. The van der Waals surface area contributed by atoms with Gasteiger partial charge in [-0.1, -0.05) is 48.0 Å². The molecule has 0 amide bonds. The number of carbonyl (C=O) groups is 1. The number of hydrogen-bond acceptors (Lipinski definition) is 6. The van der Waals surface area contributed by atoms with Crippen LogP contribution in [0.1, 0.15) is 16.7 Å². The molecule has 0 aliphatic heterocycles. The monoisotopic (exact) mass is 488 g/mol. The highest BCUT2D eigenvalue weighted by molar-refractivity contribution is 8.04. The van der Waals surface area contributed by atoms with Gasteiger partial charge in [-0.25, -0.2) is 9.78 Å². The Hall–Kier alpha value is -4.06. The van der Waals surface area contributed by atoms with Gasteiger partial charge in [-0.2, -0.15) is 5.26 Å². The fourth-order valence-electron chi connectivity index (χ4n) is 3.05. The third kappa shape index (κ3) is 5.64. The van der Waals surface area contributed by atoms with Crippen LogP contribution in [0.25, 0.3) is 17.5 Å². The Morgan fingerprint density at radius 2 is 1.85 bits per heavy atom. The Morgan fingerprint density at radius 1 is 1.12 bits per heavy atom. The Balaban J connectivity index is 1.55. The van der Waals surface area contributed by atoms with Crippen molar-refractivity contribution in [2.45, 2.75) is 11.8 Å². The number of rotatable bonds is 8. The molecule has 7 nitrogen and oxygen atoms in total. The van der Waals surface area contributed by atoms with Gasteiger partial charge in [-0.3, -0.25) is 5.10 Å². The first kappa shape index (κ1) is 23.1. The average molecular weight is 489 g/mol. The number of hydrogen-bond donors (Lipinski definition) is 2. The van der Waals surface area contributed by atoms with Crippen LogP contribution >= 0.6 is 23.4 Å². The number of ether oxygens (including phenoxy) is 1. The van der Waals surface area contributed by atoms with E-state index in [9.17, 15) is 15.2 Å². The molecule has 2 N–H and O–H groups in total. The highest BCUT2D eigenvalue weighted by atomic mass is 35.5. The number of nitriles is 1. The van der Waals surface area contributed by atoms with Crippen molar-refractivity contribution in [2.75, 3.05) is 0 Å². The van der Waals surface area contributed by atoms with E-state index in [1.165, 1.54) is 6.08 Å². The second kappa shape index (κ2) is 10.7. The van der Waals surface area contributed by atoms with Crippen LogP contribution in [0.2, 0.25) is 5.02 Å². The lowest BCUT2D eigenvalue weighted by atomic mass is 10.1. The molecule has 0 aliphatic rings. The molecule has 0 saturated heterocycles. The molecule has 0 radical (unpaired) electrons. The Bertz CT molecular complexity index is 1390. The normalized spacial score (nSPS) is 11.1. The molecule has 0 aliphatic carbocycles. The molecule has 0 unspecified atom stereocenters. The fraction of sp³-hybridized carbons (Fsp3) is 0.0400. The summed E-state index contributed by atoms with van der Waals surface area (Å²) in [5.74, 6) is -0.122. The number of benzene rings is 3. The van der Waals surface area contributed by atoms with Crippen molar-refractivity contribution in [3.8, 4) is 23.2 Å². The zero-order chi connectivity index (χ0) is 23.9. The number of nitrogens with one attached hydrogen (secondary N) is 1. The second-order valence-corrected chi connectivity index (χ2v) is 8.43. The van der Waals surface area contributed by atoms with Gasteiger partial charge in [0.1, 0.15) is 17.3 Å². The molecular formula is C25H17ClN4O3S. The van der Waals surface area contributed by atoms with E-state index in [4.69, 9.17) is 16.3 Å². The molecule has 0 atom stereocenters. The first-order chi connectivity index (χ1) is 16.5. The minimum atomic E-state index is -1.12. The van der Waals surface area contributed by atoms with Gasteiger partial charge < -0.3 is 9.84 Å². The molecule has 34 heavy (non-hydrogen) atoms. The maximum Gasteiger partial charge on any atom is 0.342 e. The van der Waals surface area contributed by atoms with Crippen molar-refractivity contribution in [1.82, 2.24) is 15.2 Å². The molecule has 4 rings (SSSR count). The topological polar surface area (TPSA) is 112 Å². The number of carboxylic acid groups (broad SMARTS) is 1. The van der Waals surface area contributed by atoms with Gasteiger partial charge in [0.25, 0.3) is 0 Å². The van der Waals surface area contributed by atoms with E-state index in [0.29, 0.717) is 27.7 Å². The first-order valence-electron chi connectivity index (χ1n) is 10.0. The number of halogens is 1. The first-order valence-corrected chi connectivity index (χ1v) is 11.2. The van der Waals surface area contributed by atoms with E-state index in [0.717, 1.165) is 22.9 Å². The molecule has 1 heterocycles. The largest absolute Gasteiger partial charge is 0.488 e. The summed E-state index contributed by atoms with van der Waals surface area (Å²) in [6, 6.07) is 23.5. The van der Waals surface area contributed by atoms with Gasteiger partial charge >= 0.3 is 5.97 Å². The summed E-state index contributed by atoms with van der Waals surface area (Å²) in [4.78, 5) is 16.4. The standard InChI is InChI=1S/C25H17ClN4O3S/c26-20-11-9-16(10-12-20)23-28-25(30-29-23)34-22(24(31)32)13-17-5-3-4-8-21(17)33-15-19-7-2-1-6-18(19)14-27/h1-13H,15H2,(H,31,32)(H,28,29,30)/b22-13-. The zero-order valence-electron chi connectivity index (χ0n) is 17.6. The molecule has 4 aromatic rings. The number of nitrogens with zero attached hydrogens (tertiary/aromatic N) is 3. The van der Waals surface area contributed by atoms with Crippen molar-refractivity contribution in [1.29, 1.82) is 5.26 Å². The molecule has 1 aromatic heterocycles. The third-order valence-corrected chi connectivity index (χ3v) is 5.85. The van der Waals surface area contributed by atoms with E-state index in [2.05, 4.69) is 21.3 Å². The highest BCUT2D eigenvalue weighted by Crippen LogP contribution is 2.30. The van der Waals surface area contributed by atoms with Crippen LogP contribution in [0.15, 0.2) is 82.9 Å². The number of thioether (sulfide) groups is 1. The van der Waals surface area contributed by atoms with Gasteiger partial charge in [0.2, 0.25) is 5.16 Å². The Morgan fingerprint density at radius 3 is 2.62 bits per heavy atom. The van der Waals surface area contributed by atoms with Crippen molar-refractivity contribution in [2.24, 2.45) is 0 Å². The summed E-state index contributed by atoms with van der Waals surface area (Å²) in [5, 5.41) is 26.8. The zero-order valence-corrected chi connectivity index (χ0v) is 19.2. The second-order valence-electron chi connectivity index (χ2n) is 6.98. The van der Waals surface area contributed by atoms with Crippen LogP contribution in [0.3, 0.4) is 0 Å². The van der Waals surface area contributed by atoms with Crippen LogP contribution < -0.4 is 4.74 Å². The van der Waals surface area contributed by atoms with Crippen LogP contribution in [0.5, 0.6) is 5.75 Å². The molecule has 0 fully saturated rings. The molecule has 0 saturated carbocycles. The quantitative estimate of drug-likeness (QED) is 0.238. The maximum absolute atomic E-state index is 12.0. The summed E-state index contributed by atoms with van der Waals surface area (Å²) in [6.45, 7) is 0.176. The van der Waals surface area contributed by atoms with Gasteiger partial charge in [0.15, 0.2) is 5.82 Å². The number of aromatic nitrogens is 3. The molecule has 168 valence electrons. The van der Waals surface area contributed by atoms with Crippen molar-refractivity contribution in [3.63, 3.8) is 0 Å². The van der Waals surface area contributed by atoms with Gasteiger partial charge in [-0.15, -0.1) is 5.10 Å². The highest BCUT2D eigenvalue weighted by Gasteiger charge is 2.16. The minimum Gasteiger partial charge on any atom is -0.488 e. The molecule has 3 aromatic carbocycles. The van der Waals surface area contributed by atoms with Crippen LogP contribution in [-0.2, 0) is 11.4 Å². The third-order valence-electron chi connectivity index (χ3n) is 4.72. The summed E-state index contributed by atoms with van der Waals surface area (Å²) in [7, 11) is 0. The number of carboxylic acids is 1. The number of para-hydroxylation sites is 1. The molecule has 0 bridgehead atoms. The lowest BCUT2D eigenvalue weighted by molar-refractivity contribution is -0.131. The van der Waals surface area contributed by atoms with Crippen molar-refractivity contribution >= 4 is 35.4 Å². The minimum absolute atomic E-state index is 0.0233. The van der Waals surface area contributed by atoms with Gasteiger partial charge in [0.05, 0.1) is 11.6 Å². The summed E-state index contributed by atoms with van der Waals surface area (Å²) >= 11 is 6.85. The van der Waals surface area contributed by atoms with Crippen molar-refractivity contribution in [3.05, 3.63) is 99.4 Å². The fourth-order valence-corrected chi connectivity index (χ4v) is 3.87.